The van der Waals surface area contributed by atoms with Crippen molar-refractivity contribution in [3.63, 3.8) is 0 Å². The van der Waals surface area contributed by atoms with E-state index in [1.54, 1.807) is 0 Å². The van der Waals surface area contributed by atoms with Gasteiger partial charge in [0.25, 0.3) is 0 Å². The van der Waals surface area contributed by atoms with Gasteiger partial charge in [-0.1, -0.05) is 44.2 Å². The molecule has 4 heteroatoms. The fraction of sp³-hybridized carbons (Fsp3) is 0.562. The van der Waals surface area contributed by atoms with E-state index in [-0.39, 0.29) is 24.0 Å². The molecule has 1 aromatic carbocycles. The molecule has 20 heavy (non-hydrogen) atoms. The van der Waals surface area contributed by atoms with Gasteiger partial charge in [0.05, 0.1) is 0 Å². The number of benzene rings is 1. The summed E-state index contributed by atoms with van der Waals surface area (Å²) in [7, 11) is 1.87. The smallest absolute Gasteiger partial charge is 0.193 e. The zero-order valence-electron chi connectivity index (χ0n) is 12.7. The maximum atomic E-state index is 4.43. The number of piperidine rings is 1. The van der Waals surface area contributed by atoms with E-state index in [4.69, 9.17) is 0 Å². The Balaban J connectivity index is 0.00000200. The van der Waals surface area contributed by atoms with Crippen molar-refractivity contribution >= 4 is 29.9 Å². The summed E-state index contributed by atoms with van der Waals surface area (Å²) >= 11 is 0. The van der Waals surface area contributed by atoms with Gasteiger partial charge in [0, 0.05) is 26.7 Å². The van der Waals surface area contributed by atoms with Gasteiger partial charge in [-0.3, -0.25) is 4.99 Å². The van der Waals surface area contributed by atoms with Crippen molar-refractivity contribution < 1.29 is 0 Å². The SMILES string of the molecule is CN=C(NCc1ccccc1)N1CC(C)CC(C)C1.I. The monoisotopic (exact) mass is 387 g/mol. The molecular formula is C16H26IN3. The molecule has 0 aliphatic carbocycles. The molecule has 1 saturated heterocycles. The molecule has 2 rings (SSSR count). The Morgan fingerprint density at radius 3 is 2.35 bits per heavy atom. The van der Waals surface area contributed by atoms with Crippen LogP contribution in [-0.4, -0.2) is 31.0 Å². The Kier molecular flexibility index (Phi) is 7.34. The summed E-state index contributed by atoms with van der Waals surface area (Å²) in [4.78, 5) is 6.82. The third-order valence-corrected chi connectivity index (χ3v) is 3.67. The van der Waals surface area contributed by atoms with E-state index in [0.717, 1.165) is 37.4 Å². The van der Waals surface area contributed by atoms with E-state index in [0.29, 0.717) is 0 Å². The molecule has 112 valence electrons. The van der Waals surface area contributed by atoms with Gasteiger partial charge in [-0.2, -0.15) is 0 Å². The van der Waals surface area contributed by atoms with Crippen molar-refractivity contribution in [1.29, 1.82) is 0 Å². The molecule has 0 radical (unpaired) electrons. The van der Waals surface area contributed by atoms with Crippen molar-refractivity contribution in [3.05, 3.63) is 35.9 Å². The molecule has 0 aromatic heterocycles. The van der Waals surface area contributed by atoms with Crippen LogP contribution in [0.5, 0.6) is 0 Å². The lowest BCUT2D eigenvalue weighted by Gasteiger charge is -2.37. The van der Waals surface area contributed by atoms with Gasteiger partial charge >= 0.3 is 0 Å². The summed E-state index contributed by atoms with van der Waals surface area (Å²) in [6.07, 6.45) is 1.33. The lowest BCUT2D eigenvalue weighted by atomic mass is 9.92. The lowest BCUT2D eigenvalue weighted by molar-refractivity contribution is 0.208. The average molecular weight is 387 g/mol. The van der Waals surface area contributed by atoms with Gasteiger partial charge in [-0.25, -0.2) is 0 Å². The highest BCUT2D eigenvalue weighted by atomic mass is 127. The Hall–Kier alpha value is -0.780. The number of nitrogens with one attached hydrogen (secondary N) is 1. The van der Waals surface area contributed by atoms with E-state index >= 15 is 0 Å². The molecule has 1 aromatic rings. The van der Waals surface area contributed by atoms with Crippen LogP contribution >= 0.6 is 24.0 Å². The first-order valence-electron chi connectivity index (χ1n) is 7.18. The van der Waals surface area contributed by atoms with Gasteiger partial charge in [0.2, 0.25) is 0 Å². The molecule has 1 heterocycles. The van der Waals surface area contributed by atoms with Crippen LogP contribution in [0.1, 0.15) is 25.8 Å². The van der Waals surface area contributed by atoms with Crippen LogP contribution in [0.15, 0.2) is 35.3 Å². The third kappa shape index (κ3) is 4.96. The van der Waals surface area contributed by atoms with Gasteiger partial charge < -0.3 is 10.2 Å². The summed E-state index contributed by atoms with van der Waals surface area (Å²) in [5, 5.41) is 3.47. The number of hydrogen-bond acceptors (Lipinski definition) is 1. The largest absolute Gasteiger partial charge is 0.352 e. The van der Waals surface area contributed by atoms with Gasteiger partial charge in [-0.15, -0.1) is 24.0 Å². The van der Waals surface area contributed by atoms with Crippen molar-refractivity contribution in [2.24, 2.45) is 16.8 Å². The second kappa shape index (κ2) is 8.49. The molecule has 3 nitrogen and oxygen atoms in total. The van der Waals surface area contributed by atoms with Crippen LogP contribution in [0, 0.1) is 11.8 Å². The van der Waals surface area contributed by atoms with Crippen LogP contribution in [0.3, 0.4) is 0 Å². The topological polar surface area (TPSA) is 27.6 Å². The number of rotatable bonds is 2. The highest BCUT2D eigenvalue weighted by Crippen LogP contribution is 2.20. The fourth-order valence-corrected chi connectivity index (χ4v) is 2.95. The van der Waals surface area contributed by atoms with E-state index in [1.807, 2.05) is 13.1 Å². The van der Waals surface area contributed by atoms with Gasteiger partial charge in [-0.05, 0) is 23.8 Å². The standard InChI is InChI=1S/C16H25N3.HI/c1-13-9-14(2)12-19(11-13)16(17-3)18-10-15-7-5-4-6-8-15;/h4-8,13-14H,9-12H2,1-3H3,(H,17,18);1H. The van der Waals surface area contributed by atoms with Crippen LogP contribution in [-0.2, 0) is 6.54 Å². The summed E-state index contributed by atoms with van der Waals surface area (Å²) < 4.78 is 0. The van der Waals surface area contributed by atoms with Crippen LogP contribution in [0.2, 0.25) is 0 Å². The molecule has 2 unspecified atom stereocenters. The summed E-state index contributed by atoms with van der Waals surface area (Å²) in [5.41, 5.74) is 1.29. The molecular weight excluding hydrogens is 361 g/mol. The minimum absolute atomic E-state index is 0. The second-order valence-corrected chi connectivity index (χ2v) is 5.74. The summed E-state index contributed by atoms with van der Waals surface area (Å²) in [6.45, 7) is 7.71. The first kappa shape index (κ1) is 17.3. The molecule has 2 atom stereocenters. The molecule has 1 aliphatic heterocycles. The Morgan fingerprint density at radius 1 is 1.20 bits per heavy atom. The highest BCUT2D eigenvalue weighted by Gasteiger charge is 2.23. The predicted molar refractivity (Wildman–Crippen MR) is 96.6 cm³/mol. The summed E-state index contributed by atoms with van der Waals surface area (Å²) in [5.74, 6) is 2.53. The second-order valence-electron chi connectivity index (χ2n) is 5.74. The maximum Gasteiger partial charge on any atom is 0.193 e. The summed E-state index contributed by atoms with van der Waals surface area (Å²) in [6, 6.07) is 10.5. The first-order chi connectivity index (χ1) is 9.19. The Morgan fingerprint density at radius 2 is 1.80 bits per heavy atom. The van der Waals surface area contributed by atoms with Crippen molar-refractivity contribution in [2.75, 3.05) is 20.1 Å². The van der Waals surface area contributed by atoms with E-state index < -0.39 is 0 Å². The van der Waals surface area contributed by atoms with Crippen molar-refractivity contribution in [2.45, 2.75) is 26.8 Å². The number of likely N-dealkylation sites (tertiary alicyclic amines) is 1. The zero-order valence-corrected chi connectivity index (χ0v) is 15.0. The molecule has 0 saturated carbocycles. The third-order valence-electron chi connectivity index (χ3n) is 3.67. The molecule has 0 bridgehead atoms. The van der Waals surface area contributed by atoms with Crippen molar-refractivity contribution in [1.82, 2.24) is 10.2 Å². The lowest BCUT2D eigenvalue weighted by Crippen LogP contribution is -2.48. The van der Waals surface area contributed by atoms with Crippen LogP contribution < -0.4 is 5.32 Å². The first-order valence-corrected chi connectivity index (χ1v) is 7.18. The molecule has 1 fully saturated rings. The van der Waals surface area contributed by atoms with Gasteiger partial charge in [0.1, 0.15) is 0 Å². The number of hydrogen-bond donors (Lipinski definition) is 1. The molecule has 1 N–H and O–H groups in total. The van der Waals surface area contributed by atoms with E-state index in [2.05, 4.69) is 53.3 Å². The zero-order chi connectivity index (χ0) is 13.7. The minimum atomic E-state index is 0. The number of guanidine groups is 1. The van der Waals surface area contributed by atoms with Gasteiger partial charge in [0.15, 0.2) is 5.96 Å². The molecule has 1 aliphatic rings. The van der Waals surface area contributed by atoms with Crippen LogP contribution in [0.4, 0.5) is 0 Å². The number of nitrogens with zero attached hydrogens (tertiary/aromatic N) is 2. The molecule has 0 amide bonds. The quantitative estimate of drug-likeness (QED) is 0.479. The Labute approximate surface area is 139 Å². The predicted octanol–water partition coefficient (Wildman–Crippen LogP) is 3.36. The maximum absolute atomic E-state index is 4.43. The van der Waals surface area contributed by atoms with Crippen LogP contribution in [0.25, 0.3) is 0 Å². The number of halogens is 1. The fourth-order valence-electron chi connectivity index (χ4n) is 2.95. The van der Waals surface area contributed by atoms with Crippen molar-refractivity contribution in [3.8, 4) is 0 Å². The minimum Gasteiger partial charge on any atom is -0.352 e. The molecule has 0 spiro atoms. The normalized spacial score (nSPS) is 23.1. The van der Waals surface area contributed by atoms with E-state index in [9.17, 15) is 0 Å². The average Bonchev–Trinajstić information content (AvgIpc) is 2.39. The Bertz CT molecular complexity index is 409. The highest BCUT2D eigenvalue weighted by molar-refractivity contribution is 14.0. The van der Waals surface area contributed by atoms with E-state index in [1.165, 1.54) is 12.0 Å². The number of aliphatic imine (C=N–C) groups is 1.